The summed E-state index contributed by atoms with van der Waals surface area (Å²) in [4.78, 5) is 5.75. The Morgan fingerprint density at radius 2 is 2.25 bits per heavy atom. The van der Waals surface area contributed by atoms with Crippen molar-refractivity contribution in [3.8, 4) is 0 Å². The average molecular weight is 365 g/mol. The van der Waals surface area contributed by atoms with Crippen LogP contribution in [-0.2, 0) is 17.6 Å². The number of aryl methyl sites for hydroxylation is 1. The Hall–Kier alpha value is -1.10. The predicted molar refractivity (Wildman–Crippen MR) is 102 cm³/mol. The maximum atomic E-state index is 6.52. The summed E-state index contributed by atoms with van der Waals surface area (Å²) in [6, 6.07) is 4.65. The molecule has 1 fully saturated rings. The first-order chi connectivity index (χ1) is 11.7. The second-order valence-corrected chi connectivity index (χ2v) is 7.60. The highest BCUT2D eigenvalue weighted by Crippen LogP contribution is 2.44. The van der Waals surface area contributed by atoms with E-state index in [-0.39, 0.29) is 0 Å². The van der Waals surface area contributed by atoms with Gasteiger partial charge in [0.25, 0.3) is 0 Å². The summed E-state index contributed by atoms with van der Waals surface area (Å²) in [5.74, 6) is 0.702. The number of nitrogens with zero attached hydrogens (tertiary/aromatic N) is 1. The van der Waals surface area contributed by atoms with Gasteiger partial charge in [-0.25, -0.2) is 0 Å². The van der Waals surface area contributed by atoms with Crippen LogP contribution in [0.3, 0.4) is 0 Å². The molecule has 1 saturated carbocycles. The molecule has 0 saturated heterocycles. The minimum atomic E-state index is 0.340. The minimum absolute atomic E-state index is 0.340. The molecule has 3 nitrogen and oxygen atoms in total. The van der Waals surface area contributed by atoms with E-state index in [0.717, 1.165) is 42.5 Å². The Balaban J connectivity index is 1.74. The van der Waals surface area contributed by atoms with Gasteiger partial charge in [-0.2, -0.15) is 0 Å². The van der Waals surface area contributed by atoms with Crippen LogP contribution in [0.15, 0.2) is 23.7 Å². The van der Waals surface area contributed by atoms with Crippen molar-refractivity contribution in [2.75, 3.05) is 18.5 Å². The van der Waals surface area contributed by atoms with Crippen LogP contribution >= 0.6 is 22.9 Å². The van der Waals surface area contributed by atoms with E-state index in [4.69, 9.17) is 16.3 Å². The molecule has 1 atom stereocenters. The number of rotatable bonds is 9. The lowest BCUT2D eigenvalue weighted by Crippen LogP contribution is -2.13. The van der Waals surface area contributed by atoms with Gasteiger partial charge in [0, 0.05) is 24.1 Å². The molecule has 0 bridgehead atoms. The van der Waals surface area contributed by atoms with Crippen molar-refractivity contribution in [1.29, 1.82) is 0 Å². The lowest BCUT2D eigenvalue weighted by atomic mass is 10.0. The van der Waals surface area contributed by atoms with Crippen LogP contribution in [0.4, 0.5) is 5.69 Å². The number of nitrogens with one attached hydrogen (secondary N) is 1. The molecule has 0 radical (unpaired) electrons. The van der Waals surface area contributed by atoms with E-state index < -0.39 is 0 Å². The molecule has 0 spiro atoms. The fraction of sp³-hybridized carbons (Fsp3) is 0.526. The van der Waals surface area contributed by atoms with Crippen LogP contribution < -0.4 is 5.32 Å². The van der Waals surface area contributed by atoms with Gasteiger partial charge in [0.05, 0.1) is 29.1 Å². The zero-order valence-electron chi connectivity index (χ0n) is 14.3. The van der Waals surface area contributed by atoms with Gasteiger partial charge < -0.3 is 10.1 Å². The molecular weight excluding hydrogens is 340 g/mol. The quantitative estimate of drug-likeness (QED) is 0.596. The van der Waals surface area contributed by atoms with Crippen molar-refractivity contribution in [2.45, 2.75) is 45.6 Å². The third-order valence-electron chi connectivity index (χ3n) is 4.43. The predicted octanol–water partition coefficient (Wildman–Crippen LogP) is 5.50. The van der Waals surface area contributed by atoms with E-state index in [1.807, 2.05) is 30.5 Å². The molecule has 0 aliphatic heterocycles. The van der Waals surface area contributed by atoms with Crippen LogP contribution in [0.1, 0.15) is 48.9 Å². The molecular formula is C19H25ClN2OS. The molecule has 0 amide bonds. The number of thiophene rings is 1. The number of pyridine rings is 1. The Bertz CT molecular complexity index is 669. The van der Waals surface area contributed by atoms with Gasteiger partial charge in [-0.3, -0.25) is 4.98 Å². The Kier molecular flexibility index (Phi) is 6.14. The van der Waals surface area contributed by atoms with Crippen LogP contribution in [0, 0.1) is 5.92 Å². The van der Waals surface area contributed by atoms with Crippen molar-refractivity contribution in [3.63, 3.8) is 0 Å². The van der Waals surface area contributed by atoms with E-state index in [9.17, 15) is 0 Å². The second-order valence-electron chi connectivity index (χ2n) is 6.23. The monoisotopic (exact) mass is 364 g/mol. The third kappa shape index (κ3) is 4.29. The van der Waals surface area contributed by atoms with Gasteiger partial charge in [0.15, 0.2) is 0 Å². The maximum absolute atomic E-state index is 6.52. The molecule has 2 heterocycles. The summed E-state index contributed by atoms with van der Waals surface area (Å²) < 4.78 is 5.47. The highest BCUT2D eigenvalue weighted by atomic mass is 35.5. The fourth-order valence-electron chi connectivity index (χ4n) is 2.92. The van der Waals surface area contributed by atoms with Crippen LogP contribution in [0.2, 0.25) is 5.02 Å². The standard InChI is InChI=1S/C19H25ClN2OS/c1-3-16-18(20)17(7-9-21-16)22-19(13-5-6-13)14-11-15(24-12-14)8-10-23-4-2/h7,9,11-13,19H,3-6,8,10H2,1-2H3,(H,21,22). The SMILES string of the molecule is CCOCCc1cc(C(Nc2ccnc(CC)c2Cl)C2CC2)cs1. The van der Waals surface area contributed by atoms with Gasteiger partial charge in [0.1, 0.15) is 0 Å². The number of halogens is 1. The van der Waals surface area contributed by atoms with Gasteiger partial charge in [-0.15, -0.1) is 11.3 Å². The summed E-state index contributed by atoms with van der Waals surface area (Å²) >= 11 is 8.35. The lowest BCUT2D eigenvalue weighted by molar-refractivity contribution is 0.151. The Labute approximate surface area is 153 Å². The Morgan fingerprint density at radius 1 is 1.42 bits per heavy atom. The zero-order chi connectivity index (χ0) is 16.9. The summed E-state index contributed by atoms with van der Waals surface area (Å²) in [6.45, 7) is 5.70. The first kappa shape index (κ1) is 17.7. The van der Waals surface area contributed by atoms with E-state index in [2.05, 4.69) is 28.7 Å². The zero-order valence-corrected chi connectivity index (χ0v) is 15.9. The summed E-state index contributed by atoms with van der Waals surface area (Å²) in [7, 11) is 0. The molecule has 2 aromatic rings. The van der Waals surface area contributed by atoms with E-state index in [0.29, 0.717) is 12.0 Å². The number of hydrogen-bond acceptors (Lipinski definition) is 4. The molecule has 130 valence electrons. The molecule has 1 N–H and O–H groups in total. The molecule has 1 aliphatic carbocycles. The number of aromatic nitrogens is 1. The summed E-state index contributed by atoms with van der Waals surface area (Å²) in [5, 5.41) is 6.73. The Morgan fingerprint density at radius 3 is 2.96 bits per heavy atom. The molecule has 24 heavy (non-hydrogen) atoms. The van der Waals surface area contributed by atoms with Crippen LogP contribution in [-0.4, -0.2) is 18.2 Å². The number of anilines is 1. The maximum Gasteiger partial charge on any atom is 0.0852 e. The van der Waals surface area contributed by atoms with Crippen LogP contribution in [0.5, 0.6) is 0 Å². The normalized spacial score (nSPS) is 15.5. The number of hydrogen-bond donors (Lipinski definition) is 1. The van der Waals surface area contributed by atoms with E-state index >= 15 is 0 Å². The van der Waals surface area contributed by atoms with E-state index in [1.165, 1.54) is 23.3 Å². The van der Waals surface area contributed by atoms with Gasteiger partial charge in [0.2, 0.25) is 0 Å². The minimum Gasteiger partial charge on any atom is -0.381 e. The van der Waals surface area contributed by atoms with Crippen molar-refractivity contribution in [2.24, 2.45) is 5.92 Å². The van der Waals surface area contributed by atoms with Crippen molar-refractivity contribution in [3.05, 3.63) is 44.9 Å². The largest absolute Gasteiger partial charge is 0.381 e. The smallest absolute Gasteiger partial charge is 0.0852 e. The van der Waals surface area contributed by atoms with Crippen molar-refractivity contribution in [1.82, 2.24) is 4.98 Å². The van der Waals surface area contributed by atoms with Gasteiger partial charge >= 0.3 is 0 Å². The van der Waals surface area contributed by atoms with E-state index in [1.54, 1.807) is 0 Å². The van der Waals surface area contributed by atoms with Crippen molar-refractivity contribution < 1.29 is 4.74 Å². The van der Waals surface area contributed by atoms with Gasteiger partial charge in [-0.1, -0.05) is 18.5 Å². The first-order valence-electron chi connectivity index (χ1n) is 8.77. The molecule has 2 aromatic heterocycles. The summed E-state index contributed by atoms with van der Waals surface area (Å²) in [5.41, 5.74) is 3.33. The summed E-state index contributed by atoms with van der Waals surface area (Å²) in [6.07, 6.45) is 6.25. The highest BCUT2D eigenvalue weighted by Gasteiger charge is 2.33. The fourth-order valence-corrected chi connectivity index (χ4v) is 4.13. The molecule has 3 rings (SSSR count). The first-order valence-corrected chi connectivity index (χ1v) is 10.0. The molecule has 1 aliphatic rings. The van der Waals surface area contributed by atoms with Crippen molar-refractivity contribution >= 4 is 28.6 Å². The second kappa shape index (κ2) is 8.32. The topological polar surface area (TPSA) is 34.1 Å². The number of ether oxygens (including phenoxy) is 1. The third-order valence-corrected chi connectivity index (χ3v) is 5.87. The van der Waals surface area contributed by atoms with Gasteiger partial charge in [-0.05, 0) is 55.2 Å². The molecule has 1 unspecified atom stereocenters. The van der Waals surface area contributed by atoms with Crippen LogP contribution in [0.25, 0.3) is 0 Å². The average Bonchev–Trinajstić information content (AvgIpc) is 3.33. The molecule has 5 heteroatoms. The molecule has 0 aromatic carbocycles. The lowest BCUT2D eigenvalue weighted by Gasteiger charge is -2.20. The highest BCUT2D eigenvalue weighted by molar-refractivity contribution is 7.10.